The third kappa shape index (κ3) is 2.72. The van der Waals surface area contributed by atoms with Crippen molar-refractivity contribution in [1.29, 1.82) is 0 Å². The van der Waals surface area contributed by atoms with E-state index in [-0.39, 0.29) is 12.1 Å². The molecule has 2 unspecified atom stereocenters. The fraction of sp³-hybridized carbons (Fsp3) is 0.545. The van der Waals surface area contributed by atoms with Gasteiger partial charge in [0.2, 0.25) is 0 Å². The van der Waals surface area contributed by atoms with Crippen molar-refractivity contribution in [3.8, 4) is 0 Å². The number of hydrogen-bond donors (Lipinski definition) is 0. The largest absolute Gasteiger partial charge is 0.459 e. The summed E-state index contributed by atoms with van der Waals surface area (Å²) in [6.45, 7) is 7.76. The van der Waals surface area contributed by atoms with Crippen LogP contribution < -0.4 is 0 Å². The Kier molecular flexibility index (Phi) is 3.29. The van der Waals surface area contributed by atoms with Gasteiger partial charge in [-0.25, -0.2) is 4.79 Å². The fourth-order valence-corrected chi connectivity index (χ4v) is 1.59. The van der Waals surface area contributed by atoms with Crippen LogP contribution in [-0.2, 0) is 9.53 Å². The molecule has 0 aromatic rings. The van der Waals surface area contributed by atoms with Crippen LogP contribution >= 0.6 is 0 Å². The lowest BCUT2D eigenvalue weighted by atomic mass is 10.0. The summed E-state index contributed by atoms with van der Waals surface area (Å²) < 4.78 is 5.12. The Hall–Kier alpha value is -1.05. The maximum atomic E-state index is 11.0. The zero-order chi connectivity index (χ0) is 9.84. The minimum Gasteiger partial charge on any atom is -0.459 e. The molecule has 0 amide bonds. The van der Waals surface area contributed by atoms with E-state index in [0.717, 1.165) is 6.42 Å². The molecule has 1 fully saturated rings. The lowest BCUT2D eigenvalue weighted by Gasteiger charge is -2.11. The van der Waals surface area contributed by atoms with Crippen molar-refractivity contribution >= 4 is 5.97 Å². The van der Waals surface area contributed by atoms with Gasteiger partial charge in [0.1, 0.15) is 6.10 Å². The van der Waals surface area contributed by atoms with E-state index in [1.165, 1.54) is 0 Å². The van der Waals surface area contributed by atoms with Crippen LogP contribution in [-0.4, -0.2) is 12.1 Å². The summed E-state index contributed by atoms with van der Waals surface area (Å²) in [6.07, 6.45) is 5.78. The van der Waals surface area contributed by atoms with Gasteiger partial charge in [-0.15, -0.1) is 0 Å². The first-order chi connectivity index (χ1) is 6.13. The molecule has 0 aromatic heterocycles. The maximum absolute atomic E-state index is 11.0. The van der Waals surface area contributed by atoms with Gasteiger partial charge < -0.3 is 4.74 Å². The highest BCUT2D eigenvalue weighted by molar-refractivity contribution is 5.89. The molecule has 1 saturated heterocycles. The molecule has 0 aromatic carbocycles. The Balaban J connectivity index is 2.40. The molecule has 1 aliphatic heterocycles. The zero-order valence-electron chi connectivity index (χ0n) is 8.25. The first kappa shape index (κ1) is 10.0. The summed E-state index contributed by atoms with van der Waals surface area (Å²) in [5.74, 6) is 0.242. The predicted octanol–water partition coefficient (Wildman–Crippen LogP) is 2.46. The van der Waals surface area contributed by atoms with Crippen molar-refractivity contribution < 1.29 is 9.53 Å². The van der Waals surface area contributed by atoms with E-state index >= 15 is 0 Å². The molecule has 13 heavy (non-hydrogen) atoms. The second kappa shape index (κ2) is 4.26. The van der Waals surface area contributed by atoms with Crippen LogP contribution in [0.5, 0.6) is 0 Å². The molecular weight excluding hydrogens is 164 g/mol. The minimum atomic E-state index is -0.224. The average molecular weight is 180 g/mol. The molecule has 2 heteroatoms. The van der Waals surface area contributed by atoms with Crippen molar-refractivity contribution in [3.05, 3.63) is 24.3 Å². The first-order valence-corrected chi connectivity index (χ1v) is 4.65. The van der Waals surface area contributed by atoms with Crippen LogP contribution in [0.15, 0.2) is 24.3 Å². The number of hydrogen-bond acceptors (Lipinski definition) is 2. The molecule has 2 nitrogen and oxygen atoms in total. The Morgan fingerprint density at radius 1 is 1.77 bits per heavy atom. The van der Waals surface area contributed by atoms with Gasteiger partial charge in [-0.05, 0) is 19.3 Å². The van der Waals surface area contributed by atoms with Crippen molar-refractivity contribution in [1.82, 2.24) is 0 Å². The van der Waals surface area contributed by atoms with Crippen molar-refractivity contribution in [3.63, 3.8) is 0 Å². The van der Waals surface area contributed by atoms with Gasteiger partial charge in [0, 0.05) is 12.0 Å². The average Bonchev–Trinajstić information content (AvgIpc) is 2.31. The molecule has 1 rings (SSSR count). The summed E-state index contributed by atoms with van der Waals surface area (Å²) in [5.41, 5.74) is 0.609. The Bertz CT molecular complexity index is 224. The quantitative estimate of drug-likeness (QED) is 0.379. The topological polar surface area (TPSA) is 26.3 Å². The Morgan fingerprint density at radius 3 is 2.92 bits per heavy atom. The minimum absolute atomic E-state index is 0.0474. The van der Waals surface area contributed by atoms with Crippen LogP contribution in [0.1, 0.15) is 26.7 Å². The highest BCUT2D eigenvalue weighted by Gasteiger charge is 2.27. The van der Waals surface area contributed by atoms with Gasteiger partial charge in [0.05, 0.1) is 0 Å². The van der Waals surface area contributed by atoms with Crippen molar-refractivity contribution in [2.75, 3.05) is 0 Å². The van der Waals surface area contributed by atoms with Gasteiger partial charge in [-0.2, -0.15) is 0 Å². The molecule has 72 valence electrons. The number of esters is 1. The summed E-state index contributed by atoms with van der Waals surface area (Å²) in [4.78, 5) is 11.0. The molecule has 1 aliphatic rings. The van der Waals surface area contributed by atoms with E-state index < -0.39 is 0 Å². The van der Waals surface area contributed by atoms with Crippen LogP contribution in [0, 0.1) is 5.92 Å². The van der Waals surface area contributed by atoms with E-state index in [1.807, 2.05) is 13.0 Å². The van der Waals surface area contributed by atoms with Crippen LogP contribution in [0.25, 0.3) is 0 Å². The number of cyclic esters (lactones) is 1. The van der Waals surface area contributed by atoms with Gasteiger partial charge in [-0.3, -0.25) is 0 Å². The molecular formula is C11H16O2. The fourth-order valence-electron chi connectivity index (χ4n) is 1.59. The maximum Gasteiger partial charge on any atom is 0.333 e. The monoisotopic (exact) mass is 180 g/mol. The third-order valence-corrected chi connectivity index (χ3v) is 2.19. The Labute approximate surface area is 79.3 Å². The van der Waals surface area contributed by atoms with Crippen molar-refractivity contribution in [2.45, 2.75) is 32.8 Å². The van der Waals surface area contributed by atoms with Crippen LogP contribution in [0.2, 0.25) is 0 Å². The van der Waals surface area contributed by atoms with Gasteiger partial charge in [0.15, 0.2) is 0 Å². The van der Waals surface area contributed by atoms with Gasteiger partial charge in [-0.1, -0.05) is 25.7 Å². The molecule has 1 heterocycles. The standard InChI is InChI=1S/C11H16O2/c1-4-5-8(2)6-10-7-9(3)11(12)13-10/h4-5,8,10H,3,6-7H2,1-2H3/b5-4+. The SMILES string of the molecule is C=C1CC(CC(C)/C=C/C)OC1=O. The molecule has 0 saturated carbocycles. The van der Waals surface area contributed by atoms with Crippen molar-refractivity contribution in [2.24, 2.45) is 5.92 Å². The lowest BCUT2D eigenvalue weighted by molar-refractivity contribution is -0.139. The third-order valence-electron chi connectivity index (χ3n) is 2.19. The number of rotatable bonds is 3. The van der Waals surface area contributed by atoms with E-state index in [0.29, 0.717) is 17.9 Å². The zero-order valence-corrected chi connectivity index (χ0v) is 8.25. The molecule has 2 atom stereocenters. The molecule has 0 radical (unpaired) electrons. The smallest absolute Gasteiger partial charge is 0.333 e. The highest BCUT2D eigenvalue weighted by atomic mass is 16.5. The Morgan fingerprint density at radius 2 is 2.46 bits per heavy atom. The second-order valence-electron chi connectivity index (χ2n) is 3.57. The highest BCUT2D eigenvalue weighted by Crippen LogP contribution is 2.24. The molecule has 0 bridgehead atoms. The number of ether oxygens (including phenoxy) is 1. The first-order valence-electron chi connectivity index (χ1n) is 4.65. The second-order valence-corrected chi connectivity index (χ2v) is 3.57. The van der Waals surface area contributed by atoms with Crippen LogP contribution in [0.4, 0.5) is 0 Å². The summed E-state index contributed by atoms with van der Waals surface area (Å²) >= 11 is 0. The van der Waals surface area contributed by atoms with E-state index in [1.54, 1.807) is 0 Å². The lowest BCUT2D eigenvalue weighted by Crippen LogP contribution is -2.10. The molecule has 0 spiro atoms. The van der Waals surface area contributed by atoms with Gasteiger partial charge in [0.25, 0.3) is 0 Å². The number of carbonyl (C=O) groups is 1. The summed E-state index contributed by atoms with van der Waals surface area (Å²) in [7, 11) is 0. The van der Waals surface area contributed by atoms with Crippen LogP contribution in [0.3, 0.4) is 0 Å². The molecule has 0 aliphatic carbocycles. The van der Waals surface area contributed by atoms with Gasteiger partial charge >= 0.3 is 5.97 Å². The molecule has 0 N–H and O–H groups in total. The summed E-state index contributed by atoms with van der Waals surface area (Å²) in [6, 6.07) is 0. The van der Waals surface area contributed by atoms with E-state index in [2.05, 4.69) is 19.6 Å². The summed E-state index contributed by atoms with van der Waals surface area (Å²) in [5, 5.41) is 0. The van der Waals surface area contributed by atoms with E-state index in [9.17, 15) is 4.79 Å². The van der Waals surface area contributed by atoms with E-state index in [4.69, 9.17) is 4.74 Å². The number of carbonyl (C=O) groups excluding carboxylic acids is 1. The predicted molar refractivity (Wildman–Crippen MR) is 52.2 cm³/mol. The normalized spacial score (nSPS) is 25.2. The number of allylic oxidation sites excluding steroid dienone is 2.